The van der Waals surface area contributed by atoms with Gasteiger partial charge in [0.2, 0.25) is 5.96 Å². The summed E-state index contributed by atoms with van der Waals surface area (Å²) in [4.78, 5) is -0.0110. The standard InChI is InChI=1S/C13H12ClN5O3S2/c14-8-4-6-9(7-5-8)15-13(16-20)19-24(21,22)11-3-1-2-10-12(11)18-23-17-10/h1-7,17-18,20H,(H2,15,16,19). The summed E-state index contributed by atoms with van der Waals surface area (Å²) in [7, 11) is -4.06. The number of rotatable bonds is 3. The lowest BCUT2D eigenvalue weighted by Crippen LogP contribution is -2.28. The van der Waals surface area contributed by atoms with E-state index in [1.54, 1.807) is 41.9 Å². The highest BCUT2D eigenvalue weighted by atomic mass is 35.5. The highest BCUT2D eigenvalue weighted by Gasteiger charge is 2.24. The van der Waals surface area contributed by atoms with Gasteiger partial charge in [-0.2, -0.15) is 8.42 Å². The molecule has 0 bridgehead atoms. The maximum absolute atomic E-state index is 12.5. The van der Waals surface area contributed by atoms with E-state index in [1.165, 1.54) is 6.07 Å². The molecule has 0 spiro atoms. The molecule has 1 heterocycles. The van der Waals surface area contributed by atoms with Crippen LogP contribution in [0.4, 0.5) is 17.1 Å². The summed E-state index contributed by atoms with van der Waals surface area (Å²) in [5.74, 6) is -0.339. The van der Waals surface area contributed by atoms with Gasteiger partial charge in [0.25, 0.3) is 10.0 Å². The second kappa shape index (κ2) is 6.77. The van der Waals surface area contributed by atoms with E-state index in [-0.39, 0.29) is 10.9 Å². The number of hydrogen-bond donors (Lipinski definition) is 5. The normalized spacial score (nSPS) is 13.7. The predicted molar refractivity (Wildman–Crippen MR) is 95.9 cm³/mol. The summed E-state index contributed by atoms with van der Waals surface area (Å²) < 4.78 is 34.4. The lowest BCUT2D eigenvalue weighted by molar-refractivity contribution is 0.234. The number of hydroxylamine groups is 1. The van der Waals surface area contributed by atoms with Gasteiger partial charge in [0.15, 0.2) is 0 Å². The van der Waals surface area contributed by atoms with Crippen LogP contribution in [-0.4, -0.2) is 19.6 Å². The van der Waals surface area contributed by atoms with Gasteiger partial charge >= 0.3 is 0 Å². The Morgan fingerprint density at radius 2 is 1.92 bits per heavy atom. The van der Waals surface area contributed by atoms with Crippen LogP contribution in [0, 0.1) is 0 Å². The van der Waals surface area contributed by atoms with Gasteiger partial charge in [-0.05, 0) is 36.4 Å². The van der Waals surface area contributed by atoms with Crippen molar-refractivity contribution in [2.75, 3.05) is 14.8 Å². The van der Waals surface area contributed by atoms with E-state index in [4.69, 9.17) is 11.6 Å². The number of sulfonamides is 1. The maximum atomic E-state index is 12.5. The summed E-state index contributed by atoms with van der Waals surface area (Å²) in [6.07, 6.45) is 0. The van der Waals surface area contributed by atoms with Gasteiger partial charge in [-0.1, -0.05) is 17.7 Å². The van der Waals surface area contributed by atoms with Crippen LogP contribution >= 0.6 is 23.7 Å². The molecule has 24 heavy (non-hydrogen) atoms. The summed E-state index contributed by atoms with van der Waals surface area (Å²) in [5, 5.41) is 12.4. The van der Waals surface area contributed by atoms with Crippen molar-refractivity contribution in [2.24, 2.45) is 4.40 Å². The third kappa shape index (κ3) is 3.51. The minimum atomic E-state index is -4.06. The Balaban J connectivity index is 1.92. The molecule has 1 aliphatic rings. The van der Waals surface area contributed by atoms with Crippen LogP contribution < -0.4 is 20.2 Å². The van der Waals surface area contributed by atoms with Crippen molar-refractivity contribution < 1.29 is 13.6 Å². The summed E-state index contributed by atoms with van der Waals surface area (Å²) in [6.45, 7) is 0. The lowest BCUT2D eigenvalue weighted by atomic mass is 10.3. The monoisotopic (exact) mass is 385 g/mol. The first-order valence-corrected chi connectivity index (χ1v) is 9.21. The summed E-state index contributed by atoms with van der Waals surface area (Å²) >= 11 is 6.94. The van der Waals surface area contributed by atoms with E-state index in [2.05, 4.69) is 19.2 Å². The van der Waals surface area contributed by atoms with Gasteiger partial charge in [-0.15, -0.1) is 4.40 Å². The van der Waals surface area contributed by atoms with Crippen LogP contribution in [0.2, 0.25) is 5.02 Å². The SMILES string of the molecule is O=S(=O)(/N=C(\NO)Nc1ccc(Cl)cc1)c1cccc2c1NSN2. The molecule has 2 aromatic carbocycles. The van der Waals surface area contributed by atoms with Gasteiger partial charge in [0.05, 0.1) is 23.5 Å². The second-order valence-corrected chi connectivity index (χ2v) is 7.26. The number of guanidine groups is 1. The van der Waals surface area contributed by atoms with Crippen LogP contribution in [0.15, 0.2) is 51.8 Å². The molecular weight excluding hydrogens is 374 g/mol. The van der Waals surface area contributed by atoms with Crippen LogP contribution in [-0.2, 0) is 10.0 Å². The fraction of sp³-hybridized carbons (Fsp3) is 0. The van der Waals surface area contributed by atoms with E-state index < -0.39 is 10.0 Å². The van der Waals surface area contributed by atoms with Crippen molar-refractivity contribution in [3.63, 3.8) is 0 Å². The van der Waals surface area contributed by atoms with E-state index in [1.807, 2.05) is 0 Å². The molecule has 0 saturated carbocycles. The Kier molecular flexibility index (Phi) is 4.71. The molecular formula is C13H12ClN5O3S2. The lowest BCUT2D eigenvalue weighted by Gasteiger charge is -2.10. The van der Waals surface area contributed by atoms with Gasteiger partial charge < -0.3 is 14.8 Å². The average molecular weight is 386 g/mol. The zero-order chi connectivity index (χ0) is 17.2. The van der Waals surface area contributed by atoms with Crippen molar-refractivity contribution in [2.45, 2.75) is 4.90 Å². The number of benzene rings is 2. The van der Waals surface area contributed by atoms with Crippen LogP contribution in [0.25, 0.3) is 0 Å². The molecule has 0 amide bonds. The number of nitrogens with one attached hydrogen (secondary N) is 4. The minimum Gasteiger partial charge on any atom is -0.324 e. The topological polar surface area (TPSA) is 115 Å². The highest BCUT2D eigenvalue weighted by Crippen LogP contribution is 2.38. The van der Waals surface area contributed by atoms with Crippen molar-refractivity contribution in [3.8, 4) is 0 Å². The van der Waals surface area contributed by atoms with Crippen molar-refractivity contribution in [1.82, 2.24) is 5.48 Å². The zero-order valence-electron chi connectivity index (χ0n) is 11.9. The van der Waals surface area contributed by atoms with E-state index in [9.17, 15) is 13.6 Å². The smallest absolute Gasteiger partial charge is 0.287 e. The van der Waals surface area contributed by atoms with Gasteiger partial charge in [0.1, 0.15) is 4.90 Å². The highest BCUT2D eigenvalue weighted by molar-refractivity contribution is 8.02. The molecule has 0 fully saturated rings. The Bertz CT molecular complexity index is 887. The van der Waals surface area contributed by atoms with Crippen LogP contribution in [0.1, 0.15) is 0 Å². The molecule has 5 N–H and O–H groups in total. The first kappa shape index (κ1) is 16.7. The van der Waals surface area contributed by atoms with Gasteiger partial charge in [0, 0.05) is 10.7 Å². The van der Waals surface area contributed by atoms with E-state index in [0.717, 1.165) is 12.1 Å². The Hall–Kier alpha value is -2.14. The van der Waals surface area contributed by atoms with Crippen LogP contribution in [0.3, 0.4) is 0 Å². The maximum Gasteiger partial charge on any atom is 0.287 e. The summed E-state index contributed by atoms with van der Waals surface area (Å²) in [6, 6.07) is 11.2. The third-order valence-electron chi connectivity index (χ3n) is 3.04. The fourth-order valence-corrected chi connectivity index (χ4v) is 3.92. The van der Waals surface area contributed by atoms with Gasteiger partial charge in [-0.25, -0.2) is 5.48 Å². The molecule has 0 unspecified atom stereocenters. The number of halogens is 1. The minimum absolute atomic E-state index is 0.0110. The molecule has 0 aliphatic carbocycles. The largest absolute Gasteiger partial charge is 0.324 e. The molecule has 0 aromatic heterocycles. The van der Waals surface area contributed by atoms with E-state index >= 15 is 0 Å². The molecule has 0 radical (unpaired) electrons. The van der Waals surface area contributed by atoms with Crippen molar-refractivity contribution in [1.29, 1.82) is 0 Å². The number of para-hydroxylation sites is 1. The first-order valence-electron chi connectivity index (χ1n) is 6.58. The fourth-order valence-electron chi connectivity index (χ4n) is 1.98. The second-order valence-electron chi connectivity index (χ2n) is 4.64. The third-order valence-corrected chi connectivity index (χ3v) is 5.24. The Morgan fingerprint density at radius 1 is 1.17 bits per heavy atom. The molecule has 3 rings (SSSR count). The summed E-state index contributed by atoms with van der Waals surface area (Å²) in [5.41, 5.74) is 3.30. The molecule has 0 saturated heterocycles. The Morgan fingerprint density at radius 3 is 2.62 bits per heavy atom. The predicted octanol–water partition coefficient (Wildman–Crippen LogP) is 2.88. The Labute approximate surface area is 147 Å². The molecule has 0 atom stereocenters. The first-order chi connectivity index (χ1) is 11.5. The number of hydrogen-bond acceptors (Lipinski definition) is 6. The molecule has 126 valence electrons. The number of anilines is 3. The number of nitrogens with zero attached hydrogens (tertiary/aromatic N) is 1. The zero-order valence-corrected chi connectivity index (χ0v) is 14.3. The molecule has 2 aromatic rings. The number of fused-ring (bicyclic) bond motifs is 1. The molecule has 11 heteroatoms. The van der Waals surface area contributed by atoms with Crippen molar-refractivity contribution in [3.05, 3.63) is 47.5 Å². The van der Waals surface area contributed by atoms with E-state index in [0.29, 0.717) is 22.1 Å². The molecule has 8 nitrogen and oxygen atoms in total. The van der Waals surface area contributed by atoms with Gasteiger partial charge in [-0.3, -0.25) is 5.21 Å². The quantitative estimate of drug-likeness (QED) is 0.237. The van der Waals surface area contributed by atoms with Crippen molar-refractivity contribution >= 4 is 56.8 Å². The average Bonchev–Trinajstić information content (AvgIpc) is 3.04. The van der Waals surface area contributed by atoms with Crippen LogP contribution in [0.5, 0.6) is 0 Å². The molecule has 1 aliphatic heterocycles.